The Morgan fingerprint density at radius 2 is 1.71 bits per heavy atom. The zero-order chi connectivity index (χ0) is 17.3. The van der Waals surface area contributed by atoms with Crippen molar-refractivity contribution in [1.29, 1.82) is 0 Å². The van der Waals surface area contributed by atoms with Gasteiger partial charge in [-0.1, -0.05) is 12.1 Å². The molecule has 0 fully saturated rings. The molecule has 0 saturated heterocycles. The van der Waals surface area contributed by atoms with Crippen molar-refractivity contribution in [3.05, 3.63) is 53.3 Å². The van der Waals surface area contributed by atoms with E-state index in [1.165, 1.54) is 12.1 Å². The monoisotopic (exact) mass is 325 g/mol. The first-order valence-electron chi connectivity index (χ1n) is 7.89. The summed E-state index contributed by atoms with van der Waals surface area (Å²) in [5.74, 6) is -0.909. The standard InChI is InChI=1S/C19H19NO4/c1-3-20(4-2)13-7-5-12(6-8-13)11-16-17(22)14-9-10-15(21)18(23)19(14)24-16/h5-11,21,23H,3-4H2,1-2H3. The lowest BCUT2D eigenvalue weighted by Gasteiger charge is -2.20. The Morgan fingerprint density at radius 3 is 2.33 bits per heavy atom. The van der Waals surface area contributed by atoms with Gasteiger partial charge in [0.1, 0.15) is 0 Å². The smallest absolute Gasteiger partial charge is 0.232 e. The van der Waals surface area contributed by atoms with Gasteiger partial charge < -0.3 is 19.8 Å². The van der Waals surface area contributed by atoms with Gasteiger partial charge in [0.25, 0.3) is 0 Å². The van der Waals surface area contributed by atoms with Gasteiger partial charge in [-0.05, 0) is 49.8 Å². The molecule has 0 spiro atoms. The first-order valence-corrected chi connectivity index (χ1v) is 7.89. The predicted molar refractivity (Wildman–Crippen MR) is 92.7 cm³/mol. The molecule has 1 aliphatic rings. The molecule has 2 aromatic carbocycles. The third kappa shape index (κ3) is 2.69. The number of allylic oxidation sites excluding steroid dienone is 1. The van der Waals surface area contributed by atoms with Crippen molar-refractivity contribution >= 4 is 17.5 Å². The third-order valence-electron chi connectivity index (χ3n) is 4.11. The number of carbonyl (C=O) groups excluding carboxylic acids is 1. The molecule has 1 heterocycles. The number of fused-ring (bicyclic) bond motifs is 1. The number of hydrogen-bond donors (Lipinski definition) is 2. The largest absolute Gasteiger partial charge is 0.504 e. The molecule has 5 heteroatoms. The normalized spacial score (nSPS) is 14.6. The minimum atomic E-state index is -0.416. The zero-order valence-electron chi connectivity index (χ0n) is 13.6. The second-order valence-electron chi connectivity index (χ2n) is 5.51. The van der Waals surface area contributed by atoms with Gasteiger partial charge in [-0.15, -0.1) is 0 Å². The molecule has 1 aliphatic heterocycles. The molecule has 0 atom stereocenters. The highest BCUT2D eigenvalue weighted by Crippen LogP contribution is 2.44. The van der Waals surface area contributed by atoms with Crippen LogP contribution in [0, 0.1) is 0 Å². The average molecular weight is 325 g/mol. The Bertz CT molecular complexity index is 805. The Hall–Kier alpha value is -2.95. The second-order valence-corrected chi connectivity index (χ2v) is 5.51. The number of nitrogens with zero attached hydrogens (tertiary/aromatic N) is 1. The van der Waals surface area contributed by atoms with Gasteiger partial charge in [0.2, 0.25) is 11.5 Å². The Labute approximate surface area is 140 Å². The summed E-state index contributed by atoms with van der Waals surface area (Å²) in [6.07, 6.45) is 1.63. The van der Waals surface area contributed by atoms with Crippen LogP contribution in [0.5, 0.6) is 17.2 Å². The van der Waals surface area contributed by atoms with Crippen LogP contribution in [0.1, 0.15) is 29.8 Å². The summed E-state index contributed by atoms with van der Waals surface area (Å²) in [7, 11) is 0. The number of carbonyl (C=O) groups is 1. The molecule has 24 heavy (non-hydrogen) atoms. The fourth-order valence-electron chi connectivity index (χ4n) is 2.75. The highest BCUT2D eigenvalue weighted by atomic mass is 16.5. The second kappa shape index (κ2) is 6.28. The van der Waals surface area contributed by atoms with E-state index in [4.69, 9.17) is 4.74 Å². The number of aromatic hydroxyl groups is 2. The summed E-state index contributed by atoms with van der Waals surface area (Å²) in [5, 5.41) is 19.3. The van der Waals surface area contributed by atoms with E-state index in [-0.39, 0.29) is 28.6 Å². The van der Waals surface area contributed by atoms with Gasteiger partial charge >= 0.3 is 0 Å². The summed E-state index contributed by atoms with van der Waals surface area (Å²) < 4.78 is 5.45. The summed E-state index contributed by atoms with van der Waals surface area (Å²) in [4.78, 5) is 14.6. The molecule has 124 valence electrons. The van der Waals surface area contributed by atoms with Crippen molar-refractivity contribution in [3.63, 3.8) is 0 Å². The van der Waals surface area contributed by atoms with Gasteiger partial charge in [-0.3, -0.25) is 4.79 Å². The molecular formula is C19H19NO4. The lowest BCUT2D eigenvalue weighted by Crippen LogP contribution is -2.21. The molecule has 0 radical (unpaired) electrons. The minimum absolute atomic E-state index is 0.00557. The number of rotatable bonds is 4. The molecule has 3 rings (SSSR count). The maximum absolute atomic E-state index is 12.3. The van der Waals surface area contributed by atoms with Gasteiger partial charge in [0.05, 0.1) is 5.56 Å². The topological polar surface area (TPSA) is 70.0 Å². The van der Waals surface area contributed by atoms with Gasteiger partial charge in [0.15, 0.2) is 17.3 Å². The first kappa shape index (κ1) is 15.9. The first-order chi connectivity index (χ1) is 11.5. The van der Waals surface area contributed by atoms with E-state index in [0.29, 0.717) is 0 Å². The van der Waals surface area contributed by atoms with E-state index in [0.717, 1.165) is 24.3 Å². The molecule has 0 aromatic heterocycles. The molecule has 2 aromatic rings. The lowest BCUT2D eigenvalue weighted by molar-refractivity contribution is 0.101. The Balaban J connectivity index is 1.88. The van der Waals surface area contributed by atoms with Crippen molar-refractivity contribution in [2.24, 2.45) is 0 Å². The molecule has 0 bridgehead atoms. The molecule has 5 nitrogen and oxygen atoms in total. The SMILES string of the molecule is CCN(CC)c1ccc(C=C2Oc3c(ccc(O)c3O)C2=O)cc1. The van der Waals surface area contributed by atoms with Crippen LogP contribution in [-0.2, 0) is 0 Å². The van der Waals surface area contributed by atoms with Crippen molar-refractivity contribution in [1.82, 2.24) is 0 Å². The van der Waals surface area contributed by atoms with Crippen LogP contribution < -0.4 is 9.64 Å². The van der Waals surface area contributed by atoms with Crippen LogP contribution in [0.25, 0.3) is 6.08 Å². The lowest BCUT2D eigenvalue weighted by atomic mass is 10.1. The van der Waals surface area contributed by atoms with Crippen molar-refractivity contribution < 1.29 is 19.7 Å². The molecule has 0 unspecified atom stereocenters. The molecular weight excluding hydrogens is 306 g/mol. The number of Topliss-reactive ketones (excluding diaryl/α,β-unsaturated/α-hetero) is 1. The van der Waals surface area contributed by atoms with Crippen LogP contribution in [0.3, 0.4) is 0 Å². The summed E-state index contributed by atoms with van der Waals surface area (Å²) >= 11 is 0. The van der Waals surface area contributed by atoms with Crippen molar-refractivity contribution in [2.45, 2.75) is 13.8 Å². The maximum atomic E-state index is 12.3. The molecule has 0 aliphatic carbocycles. The van der Waals surface area contributed by atoms with Crippen LogP contribution in [0.15, 0.2) is 42.2 Å². The van der Waals surface area contributed by atoms with Crippen LogP contribution in [0.2, 0.25) is 0 Å². The third-order valence-corrected chi connectivity index (χ3v) is 4.11. The summed E-state index contributed by atoms with van der Waals surface area (Å²) in [6, 6.07) is 10.5. The number of ether oxygens (including phenoxy) is 1. The number of phenols is 2. The zero-order valence-corrected chi connectivity index (χ0v) is 13.6. The van der Waals surface area contributed by atoms with Crippen LogP contribution in [-0.4, -0.2) is 29.1 Å². The van der Waals surface area contributed by atoms with E-state index >= 15 is 0 Å². The van der Waals surface area contributed by atoms with Gasteiger partial charge in [-0.2, -0.15) is 0 Å². The number of anilines is 1. The van der Waals surface area contributed by atoms with E-state index in [1.54, 1.807) is 6.08 Å². The Morgan fingerprint density at radius 1 is 1.04 bits per heavy atom. The summed E-state index contributed by atoms with van der Waals surface area (Å²) in [6.45, 7) is 6.06. The number of hydrogen-bond acceptors (Lipinski definition) is 5. The van der Waals surface area contributed by atoms with E-state index in [2.05, 4.69) is 18.7 Å². The molecule has 2 N–H and O–H groups in total. The number of benzene rings is 2. The molecule has 0 amide bonds. The fourth-order valence-corrected chi connectivity index (χ4v) is 2.75. The molecule has 0 saturated carbocycles. The van der Waals surface area contributed by atoms with E-state index in [9.17, 15) is 15.0 Å². The summed E-state index contributed by atoms with van der Waals surface area (Å²) in [5.41, 5.74) is 2.19. The average Bonchev–Trinajstić information content (AvgIpc) is 2.91. The van der Waals surface area contributed by atoms with Crippen LogP contribution in [0.4, 0.5) is 5.69 Å². The van der Waals surface area contributed by atoms with Gasteiger partial charge in [0, 0.05) is 18.8 Å². The van der Waals surface area contributed by atoms with Crippen LogP contribution >= 0.6 is 0 Å². The quantitative estimate of drug-likeness (QED) is 0.664. The number of ketones is 1. The van der Waals surface area contributed by atoms with E-state index < -0.39 is 5.75 Å². The number of phenolic OH excluding ortho intramolecular Hbond substituents is 2. The van der Waals surface area contributed by atoms with Crippen molar-refractivity contribution in [2.75, 3.05) is 18.0 Å². The highest BCUT2D eigenvalue weighted by Gasteiger charge is 2.31. The van der Waals surface area contributed by atoms with E-state index in [1.807, 2.05) is 24.3 Å². The van der Waals surface area contributed by atoms with Gasteiger partial charge in [-0.25, -0.2) is 0 Å². The fraction of sp³-hybridized carbons (Fsp3) is 0.211. The minimum Gasteiger partial charge on any atom is -0.504 e. The maximum Gasteiger partial charge on any atom is 0.232 e. The highest BCUT2D eigenvalue weighted by molar-refractivity contribution is 6.15. The predicted octanol–water partition coefficient (Wildman–Crippen LogP) is 3.56. The van der Waals surface area contributed by atoms with Crippen molar-refractivity contribution in [3.8, 4) is 17.2 Å². The Kier molecular flexibility index (Phi) is 4.16.